The second-order valence-electron chi connectivity index (χ2n) is 6.43. The van der Waals surface area contributed by atoms with Gasteiger partial charge in [-0.3, -0.25) is 4.79 Å². The van der Waals surface area contributed by atoms with Crippen molar-refractivity contribution < 1.29 is 13.7 Å². The van der Waals surface area contributed by atoms with Crippen LogP contribution in [0.1, 0.15) is 36.2 Å². The van der Waals surface area contributed by atoms with Crippen molar-refractivity contribution >= 4 is 5.91 Å². The molecule has 0 aliphatic carbocycles. The van der Waals surface area contributed by atoms with Crippen LogP contribution in [0.2, 0.25) is 0 Å². The zero-order valence-electron chi connectivity index (χ0n) is 14.2. The highest BCUT2D eigenvalue weighted by molar-refractivity contribution is 5.83. The summed E-state index contributed by atoms with van der Waals surface area (Å²) in [7, 11) is 0. The van der Waals surface area contributed by atoms with Gasteiger partial charge < -0.3 is 13.8 Å². The number of furan rings is 1. The van der Waals surface area contributed by atoms with Crippen LogP contribution in [-0.4, -0.2) is 34.0 Å². The minimum Gasteiger partial charge on any atom is -0.466 e. The van der Waals surface area contributed by atoms with E-state index >= 15 is 0 Å². The third kappa shape index (κ3) is 2.95. The van der Waals surface area contributed by atoms with Crippen LogP contribution in [0.3, 0.4) is 0 Å². The maximum Gasteiger partial charge on any atom is 0.233 e. The Labute approximate surface area is 145 Å². The van der Waals surface area contributed by atoms with Crippen LogP contribution < -0.4 is 0 Å². The van der Waals surface area contributed by atoms with Gasteiger partial charge in [0.1, 0.15) is 11.5 Å². The fourth-order valence-corrected chi connectivity index (χ4v) is 3.00. The molecule has 0 spiro atoms. The Balaban J connectivity index is 1.39. The van der Waals surface area contributed by atoms with Crippen LogP contribution in [0.25, 0.3) is 11.4 Å². The number of aromatic nitrogens is 2. The Morgan fingerprint density at radius 1 is 1.20 bits per heavy atom. The van der Waals surface area contributed by atoms with Crippen molar-refractivity contribution in [1.29, 1.82) is 0 Å². The first-order valence-electron chi connectivity index (χ1n) is 8.36. The van der Waals surface area contributed by atoms with Crippen molar-refractivity contribution in [2.24, 2.45) is 0 Å². The van der Waals surface area contributed by atoms with Crippen molar-refractivity contribution in [3.63, 3.8) is 0 Å². The molecule has 1 fully saturated rings. The maximum atomic E-state index is 12.5. The zero-order chi connectivity index (χ0) is 17.4. The number of carbonyl (C=O) groups is 1. The first-order chi connectivity index (χ1) is 12.1. The lowest BCUT2D eigenvalue weighted by Crippen LogP contribution is -2.50. The van der Waals surface area contributed by atoms with E-state index in [0.29, 0.717) is 30.6 Å². The highest BCUT2D eigenvalue weighted by Gasteiger charge is 2.38. The van der Waals surface area contributed by atoms with Crippen LogP contribution in [0.15, 0.2) is 51.4 Å². The topological polar surface area (TPSA) is 72.4 Å². The summed E-state index contributed by atoms with van der Waals surface area (Å²) >= 11 is 0. The molecule has 1 aliphatic rings. The largest absolute Gasteiger partial charge is 0.466 e. The molecule has 1 atom stereocenters. The molecule has 3 heterocycles. The second-order valence-corrected chi connectivity index (χ2v) is 6.43. The number of likely N-dealkylation sites (tertiary alicyclic amines) is 1. The summed E-state index contributed by atoms with van der Waals surface area (Å²) in [6, 6.07) is 13.4. The summed E-state index contributed by atoms with van der Waals surface area (Å²) in [6.07, 6.45) is 0. The molecular weight excluding hydrogens is 318 g/mol. The predicted octanol–water partition coefficient (Wildman–Crippen LogP) is 3.37. The maximum absolute atomic E-state index is 12.5. The van der Waals surface area contributed by atoms with E-state index in [1.807, 2.05) is 56.3 Å². The molecular formula is C19H19N3O3. The third-order valence-corrected chi connectivity index (χ3v) is 4.57. The van der Waals surface area contributed by atoms with Crippen LogP contribution in [-0.2, 0) is 4.79 Å². The molecule has 1 amide bonds. The van der Waals surface area contributed by atoms with E-state index in [4.69, 9.17) is 8.94 Å². The monoisotopic (exact) mass is 337 g/mol. The molecule has 0 bridgehead atoms. The van der Waals surface area contributed by atoms with Crippen molar-refractivity contribution in [2.75, 3.05) is 13.1 Å². The van der Waals surface area contributed by atoms with E-state index in [2.05, 4.69) is 10.1 Å². The Morgan fingerprint density at radius 2 is 1.96 bits per heavy atom. The Bertz CT molecular complexity index is 878. The minimum absolute atomic E-state index is 0.0633. The standard InChI is InChI=1S/C19H19N3O3/c1-12-8-9-16(24-12)13(2)19(23)22-10-15(11-22)18-20-17(21-25-18)14-6-4-3-5-7-14/h3-9,13,15H,10-11H2,1-2H3/t13-/m1/s1. The average molecular weight is 337 g/mol. The lowest BCUT2D eigenvalue weighted by Gasteiger charge is -2.38. The second kappa shape index (κ2) is 6.20. The predicted molar refractivity (Wildman–Crippen MR) is 90.9 cm³/mol. The molecule has 6 nitrogen and oxygen atoms in total. The van der Waals surface area contributed by atoms with Gasteiger partial charge in [-0.25, -0.2) is 0 Å². The number of nitrogens with zero attached hydrogens (tertiary/aromatic N) is 3. The van der Waals surface area contributed by atoms with Gasteiger partial charge in [-0.1, -0.05) is 35.5 Å². The third-order valence-electron chi connectivity index (χ3n) is 4.57. The first-order valence-corrected chi connectivity index (χ1v) is 8.36. The number of hydrogen-bond acceptors (Lipinski definition) is 5. The Morgan fingerprint density at radius 3 is 2.64 bits per heavy atom. The van der Waals surface area contributed by atoms with E-state index in [9.17, 15) is 4.79 Å². The van der Waals surface area contributed by atoms with Gasteiger partial charge in [-0.2, -0.15) is 4.98 Å². The van der Waals surface area contributed by atoms with E-state index in [1.54, 1.807) is 4.90 Å². The van der Waals surface area contributed by atoms with Crippen molar-refractivity contribution in [3.05, 3.63) is 59.9 Å². The molecule has 25 heavy (non-hydrogen) atoms. The van der Waals surface area contributed by atoms with Gasteiger partial charge in [0.05, 0.1) is 11.8 Å². The van der Waals surface area contributed by atoms with Gasteiger partial charge >= 0.3 is 0 Å². The summed E-state index contributed by atoms with van der Waals surface area (Å²) in [4.78, 5) is 18.8. The van der Waals surface area contributed by atoms with Gasteiger partial charge in [0.25, 0.3) is 0 Å². The number of hydrogen-bond donors (Lipinski definition) is 0. The smallest absolute Gasteiger partial charge is 0.233 e. The van der Waals surface area contributed by atoms with Crippen LogP contribution in [0.5, 0.6) is 0 Å². The van der Waals surface area contributed by atoms with Crippen LogP contribution in [0.4, 0.5) is 0 Å². The van der Waals surface area contributed by atoms with Gasteiger partial charge in [0, 0.05) is 18.7 Å². The number of benzene rings is 1. The van der Waals surface area contributed by atoms with Gasteiger partial charge in [0.2, 0.25) is 17.6 Å². The lowest BCUT2D eigenvalue weighted by molar-refractivity contribution is -0.137. The van der Waals surface area contributed by atoms with E-state index in [0.717, 1.165) is 11.3 Å². The zero-order valence-corrected chi connectivity index (χ0v) is 14.2. The number of aryl methyl sites for hydroxylation is 1. The average Bonchev–Trinajstić information content (AvgIpc) is 3.23. The number of amides is 1. The van der Waals surface area contributed by atoms with Gasteiger partial charge in [-0.15, -0.1) is 0 Å². The Hall–Kier alpha value is -2.89. The van der Waals surface area contributed by atoms with Gasteiger partial charge in [0.15, 0.2) is 0 Å². The molecule has 3 aromatic rings. The summed E-state index contributed by atoms with van der Waals surface area (Å²) < 4.78 is 10.9. The van der Waals surface area contributed by atoms with Crippen LogP contribution >= 0.6 is 0 Å². The van der Waals surface area contributed by atoms with Crippen LogP contribution in [0, 0.1) is 6.92 Å². The molecule has 6 heteroatoms. The van der Waals surface area contributed by atoms with Crippen molar-refractivity contribution in [3.8, 4) is 11.4 Å². The van der Waals surface area contributed by atoms with E-state index in [1.165, 1.54) is 0 Å². The summed E-state index contributed by atoms with van der Waals surface area (Å²) in [5, 5.41) is 4.04. The minimum atomic E-state index is -0.280. The fraction of sp³-hybridized carbons (Fsp3) is 0.316. The highest BCUT2D eigenvalue weighted by atomic mass is 16.5. The molecule has 1 aromatic carbocycles. The number of rotatable bonds is 4. The highest BCUT2D eigenvalue weighted by Crippen LogP contribution is 2.31. The normalized spacial score (nSPS) is 15.8. The SMILES string of the molecule is Cc1ccc([C@@H](C)C(=O)N2CC(c3nc(-c4ccccc4)no3)C2)o1. The quantitative estimate of drug-likeness (QED) is 0.730. The summed E-state index contributed by atoms with van der Waals surface area (Å²) in [5.41, 5.74) is 0.923. The molecule has 1 aliphatic heterocycles. The molecule has 0 N–H and O–H groups in total. The summed E-state index contributed by atoms with van der Waals surface area (Å²) in [5.74, 6) is 2.57. The van der Waals surface area contributed by atoms with Crippen molar-refractivity contribution in [1.82, 2.24) is 15.0 Å². The molecule has 2 aromatic heterocycles. The van der Waals surface area contributed by atoms with Crippen molar-refractivity contribution in [2.45, 2.75) is 25.7 Å². The molecule has 0 saturated carbocycles. The molecule has 0 radical (unpaired) electrons. The van der Waals surface area contributed by atoms with Gasteiger partial charge in [-0.05, 0) is 26.0 Å². The lowest BCUT2D eigenvalue weighted by atomic mass is 9.96. The van der Waals surface area contributed by atoms with E-state index < -0.39 is 0 Å². The van der Waals surface area contributed by atoms with E-state index in [-0.39, 0.29) is 17.7 Å². The molecule has 1 saturated heterocycles. The molecule has 128 valence electrons. The summed E-state index contributed by atoms with van der Waals surface area (Å²) in [6.45, 7) is 4.94. The fourth-order valence-electron chi connectivity index (χ4n) is 3.00. The molecule has 4 rings (SSSR count). The molecule has 0 unspecified atom stereocenters. The first kappa shape index (κ1) is 15.6. The Kier molecular flexibility index (Phi) is 3.87. The number of carbonyl (C=O) groups excluding carboxylic acids is 1.